The van der Waals surface area contributed by atoms with Crippen LogP contribution >= 0.6 is 24.0 Å². The summed E-state index contributed by atoms with van der Waals surface area (Å²) in [5.74, 6) is 0.108. The minimum atomic E-state index is -0.815. The summed E-state index contributed by atoms with van der Waals surface area (Å²) in [5, 5.41) is 8.38. The van der Waals surface area contributed by atoms with Crippen LogP contribution in [-0.4, -0.2) is 39.1 Å². The fraction of sp³-hybridized carbons (Fsp3) is 0.600. The smallest absolute Gasteiger partial charge is 0.323 e. The molecule has 1 rings (SSSR count). The molecule has 0 bridgehead atoms. The first-order valence-electron chi connectivity index (χ1n) is 2.83. The lowest BCUT2D eigenvalue weighted by Gasteiger charge is -2.12. The van der Waals surface area contributed by atoms with Gasteiger partial charge in [-0.2, -0.15) is 0 Å². The summed E-state index contributed by atoms with van der Waals surface area (Å²) < 4.78 is 0.711. The largest absolute Gasteiger partial charge is 0.480 e. The number of rotatable bonds is 2. The molecule has 10 heavy (non-hydrogen) atoms. The van der Waals surface area contributed by atoms with Crippen LogP contribution in [0.5, 0.6) is 0 Å². The Labute approximate surface area is 68.4 Å². The van der Waals surface area contributed by atoms with Gasteiger partial charge >= 0.3 is 5.97 Å². The SMILES string of the molecule is O=C(O)CN1CCSC1=S. The molecule has 0 aromatic carbocycles. The van der Waals surface area contributed by atoms with Crippen LogP contribution < -0.4 is 0 Å². The molecule has 1 fully saturated rings. The molecular formula is C5H7NO2S2. The molecule has 0 unspecified atom stereocenters. The Morgan fingerprint density at radius 3 is 3.00 bits per heavy atom. The number of hydrogen-bond donors (Lipinski definition) is 1. The van der Waals surface area contributed by atoms with Crippen molar-refractivity contribution < 1.29 is 9.90 Å². The van der Waals surface area contributed by atoms with Crippen molar-refractivity contribution in [1.29, 1.82) is 0 Å². The first-order chi connectivity index (χ1) is 4.70. The van der Waals surface area contributed by atoms with Crippen LogP contribution in [0.3, 0.4) is 0 Å². The number of aliphatic carboxylic acids is 1. The topological polar surface area (TPSA) is 40.5 Å². The third kappa shape index (κ3) is 1.85. The molecule has 1 heterocycles. The molecule has 5 heteroatoms. The maximum absolute atomic E-state index is 10.2. The zero-order valence-corrected chi connectivity index (χ0v) is 6.87. The number of hydrogen-bond acceptors (Lipinski definition) is 3. The van der Waals surface area contributed by atoms with Gasteiger partial charge in [0, 0.05) is 12.3 Å². The normalized spacial score (nSPS) is 18.0. The molecular weight excluding hydrogens is 170 g/mol. The number of nitrogens with zero attached hydrogens (tertiary/aromatic N) is 1. The summed E-state index contributed by atoms with van der Waals surface area (Å²) >= 11 is 6.43. The first kappa shape index (κ1) is 7.81. The summed E-state index contributed by atoms with van der Waals surface area (Å²) in [4.78, 5) is 11.9. The quantitative estimate of drug-likeness (QED) is 0.618. The van der Waals surface area contributed by atoms with Gasteiger partial charge in [0.25, 0.3) is 0 Å². The van der Waals surface area contributed by atoms with Gasteiger partial charge in [0.05, 0.1) is 0 Å². The highest BCUT2D eigenvalue weighted by Crippen LogP contribution is 2.16. The summed E-state index contributed by atoms with van der Waals surface area (Å²) in [7, 11) is 0. The van der Waals surface area contributed by atoms with Crippen molar-refractivity contribution in [3.8, 4) is 0 Å². The number of thiocarbonyl (C=S) groups is 1. The van der Waals surface area contributed by atoms with Crippen LogP contribution in [0.15, 0.2) is 0 Å². The van der Waals surface area contributed by atoms with E-state index in [-0.39, 0.29) is 6.54 Å². The van der Waals surface area contributed by atoms with E-state index in [1.54, 1.807) is 16.7 Å². The summed E-state index contributed by atoms with van der Waals surface area (Å²) in [5.41, 5.74) is 0. The Morgan fingerprint density at radius 2 is 2.60 bits per heavy atom. The van der Waals surface area contributed by atoms with Gasteiger partial charge in [0.15, 0.2) is 0 Å². The third-order valence-electron chi connectivity index (χ3n) is 1.17. The molecule has 0 saturated carbocycles. The fourth-order valence-electron chi connectivity index (χ4n) is 0.733. The van der Waals surface area contributed by atoms with Gasteiger partial charge in [-0.15, -0.1) is 0 Å². The van der Waals surface area contributed by atoms with Crippen LogP contribution in [0.4, 0.5) is 0 Å². The predicted octanol–water partition coefficient (Wildman–Crippen LogP) is 0.405. The van der Waals surface area contributed by atoms with Crippen molar-refractivity contribution in [2.45, 2.75) is 0 Å². The zero-order chi connectivity index (χ0) is 7.56. The van der Waals surface area contributed by atoms with E-state index in [1.165, 1.54) is 0 Å². The van der Waals surface area contributed by atoms with E-state index >= 15 is 0 Å². The van der Waals surface area contributed by atoms with Gasteiger partial charge in [-0.3, -0.25) is 4.79 Å². The number of carboxylic acids is 1. The Balaban J connectivity index is 2.40. The molecule has 0 atom stereocenters. The van der Waals surface area contributed by atoms with Gasteiger partial charge in [0.2, 0.25) is 0 Å². The molecule has 1 saturated heterocycles. The second-order valence-electron chi connectivity index (χ2n) is 1.93. The van der Waals surface area contributed by atoms with Crippen LogP contribution in [0.1, 0.15) is 0 Å². The van der Waals surface area contributed by atoms with Crippen LogP contribution in [0.2, 0.25) is 0 Å². The highest BCUT2D eigenvalue weighted by atomic mass is 32.2. The Bertz CT molecular complexity index is 171. The number of carboxylic acid groups (broad SMARTS) is 1. The van der Waals surface area contributed by atoms with Gasteiger partial charge in [-0.05, 0) is 0 Å². The first-order valence-corrected chi connectivity index (χ1v) is 4.23. The van der Waals surface area contributed by atoms with E-state index in [0.29, 0.717) is 4.32 Å². The molecule has 0 radical (unpaired) electrons. The monoisotopic (exact) mass is 177 g/mol. The van der Waals surface area contributed by atoms with E-state index in [9.17, 15) is 4.79 Å². The van der Waals surface area contributed by atoms with Crippen LogP contribution in [0, 0.1) is 0 Å². The lowest BCUT2D eigenvalue weighted by atomic mass is 10.5. The maximum atomic E-state index is 10.2. The summed E-state index contributed by atoms with van der Waals surface area (Å²) in [6.45, 7) is 0.821. The van der Waals surface area contributed by atoms with Crippen molar-refractivity contribution in [2.24, 2.45) is 0 Å². The summed E-state index contributed by atoms with van der Waals surface area (Å²) in [6, 6.07) is 0. The van der Waals surface area contributed by atoms with Crippen LogP contribution in [0.25, 0.3) is 0 Å². The molecule has 0 aromatic heterocycles. The Morgan fingerprint density at radius 1 is 1.90 bits per heavy atom. The van der Waals surface area contributed by atoms with E-state index in [1.807, 2.05) is 0 Å². The van der Waals surface area contributed by atoms with E-state index in [0.717, 1.165) is 12.3 Å². The Kier molecular flexibility index (Phi) is 2.50. The second kappa shape index (κ2) is 3.21. The highest BCUT2D eigenvalue weighted by molar-refractivity contribution is 8.23. The van der Waals surface area contributed by atoms with Crippen molar-refractivity contribution >= 4 is 34.3 Å². The lowest BCUT2D eigenvalue weighted by Crippen LogP contribution is -2.29. The van der Waals surface area contributed by atoms with E-state index in [4.69, 9.17) is 17.3 Å². The van der Waals surface area contributed by atoms with Gasteiger partial charge < -0.3 is 10.0 Å². The molecule has 0 aliphatic carbocycles. The third-order valence-corrected chi connectivity index (χ3v) is 2.67. The zero-order valence-electron chi connectivity index (χ0n) is 5.24. The molecule has 1 aliphatic rings. The molecule has 0 aromatic rings. The average Bonchev–Trinajstić information content (AvgIpc) is 2.15. The van der Waals surface area contributed by atoms with Crippen molar-refractivity contribution in [3.05, 3.63) is 0 Å². The van der Waals surface area contributed by atoms with E-state index < -0.39 is 5.97 Å². The minimum Gasteiger partial charge on any atom is -0.480 e. The fourth-order valence-corrected chi connectivity index (χ4v) is 1.96. The predicted molar refractivity (Wildman–Crippen MR) is 44.3 cm³/mol. The van der Waals surface area contributed by atoms with E-state index in [2.05, 4.69) is 0 Å². The van der Waals surface area contributed by atoms with Crippen molar-refractivity contribution in [2.75, 3.05) is 18.8 Å². The molecule has 1 N–H and O–H groups in total. The van der Waals surface area contributed by atoms with Crippen LogP contribution in [-0.2, 0) is 4.79 Å². The highest BCUT2D eigenvalue weighted by Gasteiger charge is 2.18. The van der Waals surface area contributed by atoms with Gasteiger partial charge in [-0.1, -0.05) is 24.0 Å². The molecule has 56 valence electrons. The molecule has 3 nitrogen and oxygen atoms in total. The number of carbonyl (C=O) groups is 1. The van der Waals surface area contributed by atoms with Gasteiger partial charge in [0.1, 0.15) is 10.9 Å². The number of thioether (sulfide) groups is 1. The van der Waals surface area contributed by atoms with Crippen molar-refractivity contribution in [1.82, 2.24) is 4.90 Å². The molecule has 0 amide bonds. The van der Waals surface area contributed by atoms with Gasteiger partial charge in [-0.25, -0.2) is 0 Å². The minimum absolute atomic E-state index is 0.0475. The average molecular weight is 177 g/mol. The summed E-state index contributed by atoms with van der Waals surface area (Å²) in [6.07, 6.45) is 0. The second-order valence-corrected chi connectivity index (χ2v) is 3.66. The molecule has 0 spiro atoms. The standard InChI is InChI=1S/C5H7NO2S2/c7-4(8)3-6-1-2-10-5(6)9/h1-3H2,(H,7,8). The Hall–Kier alpha value is -0.290. The lowest BCUT2D eigenvalue weighted by molar-refractivity contribution is -0.137. The molecule has 1 aliphatic heterocycles. The van der Waals surface area contributed by atoms with Crippen molar-refractivity contribution in [3.63, 3.8) is 0 Å². The maximum Gasteiger partial charge on any atom is 0.323 e.